The summed E-state index contributed by atoms with van der Waals surface area (Å²) >= 11 is 0. The molecule has 3 aromatic carbocycles. The number of ether oxygens (including phenoxy) is 1. The van der Waals surface area contributed by atoms with Crippen LogP contribution in [0.3, 0.4) is 0 Å². The molecule has 0 aliphatic carbocycles. The molecule has 0 bridgehead atoms. The van der Waals surface area contributed by atoms with Crippen LogP contribution in [0.25, 0.3) is 0 Å². The number of nitriles is 1. The molecule has 1 amide bonds. The van der Waals surface area contributed by atoms with Gasteiger partial charge in [-0.1, -0.05) is 30.3 Å². The average molecular weight is 389 g/mol. The van der Waals surface area contributed by atoms with Crippen LogP contribution >= 0.6 is 0 Å². The Balaban J connectivity index is 1.48. The molecule has 0 saturated heterocycles. The lowest BCUT2D eigenvalue weighted by Crippen LogP contribution is -2.21. The third kappa shape index (κ3) is 6.36. The minimum absolute atomic E-state index is 0.0986. The molecule has 0 radical (unpaired) electrons. The second kappa shape index (κ2) is 9.90. The van der Waals surface area contributed by atoms with E-state index in [0.29, 0.717) is 24.5 Å². The number of rotatable bonds is 8. The summed E-state index contributed by atoms with van der Waals surface area (Å²) in [5, 5.41) is 14.5. The number of benzene rings is 3. The number of hydrogen-bond donors (Lipinski definition) is 2. The van der Waals surface area contributed by atoms with Crippen molar-refractivity contribution in [1.29, 1.82) is 5.26 Å². The smallest absolute Gasteiger partial charge is 0.243 e. The predicted octanol–water partition coefficient (Wildman–Crippen LogP) is 4.52. The molecule has 0 fully saturated rings. The van der Waals surface area contributed by atoms with Gasteiger partial charge in [-0.05, 0) is 47.5 Å². The highest BCUT2D eigenvalue weighted by atomic mass is 19.1. The second-order valence-corrected chi connectivity index (χ2v) is 6.38. The van der Waals surface area contributed by atoms with Crippen molar-refractivity contribution < 1.29 is 13.9 Å². The van der Waals surface area contributed by atoms with Crippen molar-refractivity contribution in [2.45, 2.75) is 13.0 Å². The van der Waals surface area contributed by atoms with Crippen LogP contribution in [-0.4, -0.2) is 12.5 Å². The van der Waals surface area contributed by atoms with Crippen LogP contribution in [0.15, 0.2) is 72.8 Å². The molecule has 0 spiro atoms. The van der Waals surface area contributed by atoms with Crippen molar-refractivity contribution >= 4 is 17.3 Å². The van der Waals surface area contributed by atoms with E-state index in [4.69, 9.17) is 10.00 Å². The summed E-state index contributed by atoms with van der Waals surface area (Å²) in [6.07, 6.45) is 0.343. The van der Waals surface area contributed by atoms with Crippen molar-refractivity contribution in [2.75, 3.05) is 17.2 Å². The molecular formula is C23H20FN3O2. The zero-order valence-electron chi connectivity index (χ0n) is 15.7. The quantitative estimate of drug-likeness (QED) is 0.594. The Hall–Kier alpha value is -3.85. The van der Waals surface area contributed by atoms with Gasteiger partial charge in [0.15, 0.2) is 0 Å². The van der Waals surface area contributed by atoms with Crippen molar-refractivity contribution in [3.8, 4) is 11.8 Å². The molecule has 0 aliphatic rings. The van der Waals surface area contributed by atoms with E-state index < -0.39 is 0 Å². The van der Waals surface area contributed by atoms with Gasteiger partial charge < -0.3 is 15.4 Å². The van der Waals surface area contributed by atoms with Crippen molar-refractivity contribution in [3.63, 3.8) is 0 Å². The fraction of sp³-hybridized carbons (Fsp3) is 0.130. The molecule has 3 aromatic rings. The van der Waals surface area contributed by atoms with Crippen LogP contribution < -0.4 is 15.4 Å². The minimum Gasteiger partial charge on any atom is -0.489 e. The first-order chi connectivity index (χ1) is 14.1. The number of nitrogens with one attached hydrogen (secondary N) is 2. The van der Waals surface area contributed by atoms with Gasteiger partial charge in [-0.15, -0.1) is 0 Å². The van der Waals surface area contributed by atoms with E-state index in [0.717, 1.165) is 16.8 Å². The first-order valence-electron chi connectivity index (χ1n) is 9.09. The topological polar surface area (TPSA) is 74.2 Å². The Labute approximate surface area is 168 Å². The Kier molecular flexibility index (Phi) is 6.80. The molecule has 0 heterocycles. The molecule has 3 rings (SSSR count). The van der Waals surface area contributed by atoms with Gasteiger partial charge >= 0.3 is 0 Å². The van der Waals surface area contributed by atoms with E-state index >= 15 is 0 Å². The molecule has 6 heteroatoms. The maximum atomic E-state index is 12.9. The van der Waals surface area contributed by atoms with Crippen molar-refractivity contribution in [2.24, 2.45) is 0 Å². The SMILES string of the molecule is N#CCc1ccc(NC(=O)CNc2cccc(OCc3ccc(F)cc3)c2)cc1. The van der Waals surface area contributed by atoms with E-state index in [1.807, 2.05) is 30.3 Å². The largest absolute Gasteiger partial charge is 0.489 e. The lowest BCUT2D eigenvalue weighted by atomic mass is 10.1. The summed E-state index contributed by atoms with van der Waals surface area (Å²) in [5.74, 6) is 0.180. The van der Waals surface area contributed by atoms with Gasteiger partial charge in [0.2, 0.25) is 5.91 Å². The van der Waals surface area contributed by atoms with E-state index in [1.54, 1.807) is 30.3 Å². The average Bonchev–Trinajstić information content (AvgIpc) is 2.74. The van der Waals surface area contributed by atoms with Gasteiger partial charge in [0.05, 0.1) is 19.0 Å². The number of amides is 1. The van der Waals surface area contributed by atoms with Crippen LogP contribution in [0.5, 0.6) is 5.75 Å². The standard InChI is InChI=1S/C23H20FN3O2/c24-19-8-4-18(5-9-19)16-29-22-3-1-2-21(14-22)26-15-23(28)27-20-10-6-17(7-11-20)12-13-25/h1-11,14,26H,12,15-16H2,(H,27,28). The monoisotopic (exact) mass is 389 g/mol. The summed E-state index contributed by atoms with van der Waals surface area (Å²) in [7, 11) is 0. The van der Waals surface area contributed by atoms with Gasteiger partial charge in [-0.2, -0.15) is 5.26 Å². The zero-order valence-corrected chi connectivity index (χ0v) is 15.7. The number of anilines is 2. The Morgan fingerprint density at radius 3 is 2.41 bits per heavy atom. The predicted molar refractivity (Wildman–Crippen MR) is 110 cm³/mol. The summed E-state index contributed by atoms with van der Waals surface area (Å²) in [5.41, 5.74) is 3.20. The fourth-order valence-electron chi connectivity index (χ4n) is 2.63. The Bertz CT molecular complexity index is 996. The highest BCUT2D eigenvalue weighted by Gasteiger charge is 2.04. The highest BCUT2D eigenvalue weighted by Crippen LogP contribution is 2.19. The molecule has 5 nitrogen and oxygen atoms in total. The molecular weight excluding hydrogens is 369 g/mol. The molecule has 2 N–H and O–H groups in total. The third-order valence-electron chi connectivity index (χ3n) is 4.13. The lowest BCUT2D eigenvalue weighted by Gasteiger charge is -2.11. The van der Waals surface area contributed by atoms with Gasteiger partial charge in [0, 0.05) is 17.4 Å². The van der Waals surface area contributed by atoms with Gasteiger partial charge in [-0.3, -0.25) is 4.79 Å². The maximum Gasteiger partial charge on any atom is 0.243 e. The van der Waals surface area contributed by atoms with Crippen LogP contribution in [0.1, 0.15) is 11.1 Å². The van der Waals surface area contributed by atoms with Crippen molar-refractivity contribution in [1.82, 2.24) is 0 Å². The fourth-order valence-corrected chi connectivity index (χ4v) is 2.63. The van der Waals surface area contributed by atoms with Crippen LogP contribution in [-0.2, 0) is 17.8 Å². The number of carbonyl (C=O) groups excluding carboxylic acids is 1. The molecule has 0 saturated carbocycles. The number of nitrogens with zero attached hydrogens (tertiary/aromatic N) is 1. The van der Waals surface area contributed by atoms with E-state index in [1.165, 1.54) is 12.1 Å². The number of hydrogen-bond acceptors (Lipinski definition) is 4. The van der Waals surface area contributed by atoms with E-state index in [9.17, 15) is 9.18 Å². The normalized spacial score (nSPS) is 10.1. The lowest BCUT2D eigenvalue weighted by molar-refractivity contribution is -0.114. The molecule has 146 valence electrons. The Morgan fingerprint density at radius 2 is 1.69 bits per heavy atom. The van der Waals surface area contributed by atoms with E-state index in [-0.39, 0.29) is 18.3 Å². The van der Waals surface area contributed by atoms with Crippen LogP contribution in [0.4, 0.5) is 15.8 Å². The molecule has 29 heavy (non-hydrogen) atoms. The summed E-state index contributed by atoms with van der Waals surface area (Å²) in [4.78, 5) is 12.1. The summed E-state index contributed by atoms with van der Waals surface area (Å²) in [6, 6.07) is 22.7. The van der Waals surface area contributed by atoms with Gasteiger partial charge in [0.1, 0.15) is 18.2 Å². The van der Waals surface area contributed by atoms with Gasteiger partial charge in [-0.25, -0.2) is 4.39 Å². The minimum atomic E-state index is -0.281. The Morgan fingerprint density at radius 1 is 0.966 bits per heavy atom. The maximum absolute atomic E-state index is 12.9. The number of halogens is 1. The molecule has 0 aromatic heterocycles. The number of carbonyl (C=O) groups is 1. The van der Waals surface area contributed by atoms with E-state index in [2.05, 4.69) is 16.7 Å². The molecule has 0 atom stereocenters. The molecule has 0 aliphatic heterocycles. The highest BCUT2D eigenvalue weighted by molar-refractivity contribution is 5.93. The molecule has 0 unspecified atom stereocenters. The van der Waals surface area contributed by atoms with Crippen LogP contribution in [0, 0.1) is 17.1 Å². The first-order valence-corrected chi connectivity index (χ1v) is 9.09. The van der Waals surface area contributed by atoms with Crippen molar-refractivity contribution in [3.05, 3.63) is 89.7 Å². The summed E-state index contributed by atoms with van der Waals surface area (Å²) in [6.45, 7) is 0.424. The van der Waals surface area contributed by atoms with Gasteiger partial charge in [0.25, 0.3) is 0 Å². The zero-order chi connectivity index (χ0) is 20.5. The summed E-state index contributed by atoms with van der Waals surface area (Å²) < 4.78 is 18.7. The van der Waals surface area contributed by atoms with Crippen LogP contribution in [0.2, 0.25) is 0 Å². The second-order valence-electron chi connectivity index (χ2n) is 6.38. The first kappa shape index (κ1) is 19.9. The third-order valence-corrected chi connectivity index (χ3v) is 4.13.